The third-order valence-corrected chi connectivity index (χ3v) is 4.41. The molecule has 1 aliphatic heterocycles. The number of nitrogens with zero attached hydrogens (tertiary/aromatic N) is 1. The molecular formula is C17H28N2O. The van der Waals surface area contributed by atoms with Gasteiger partial charge in [-0.25, -0.2) is 0 Å². The van der Waals surface area contributed by atoms with Gasteiger partial charge in [0.05, 0.1) is 0 Å². The topological polar surface area (TPSA) is 38.5 Å². The summed E-state index contributed by atoms with van der Waals surface area (Å²) in [6.07, 6.45) is 2.29. The zero-order valence-corrected chi connectivity index (χ0v) is 13.1. The van der Waals surface area contributed by atoms with Crippen molar-refractivity contribution in [3.05, 3.63) is 29.3 Å². The van der Waals surface area contributed by atoms with Crippen molar-refractivity contribution in [1.82, 2.24) is 4.90 Å². The summed E-state index contributed by atoms with van der Waals surface area (Å²) < 4.78 is 5.94. The second-order valence-corrected chi connectivity index (χ2v) is 6.04. The zero-order valence-electron chi connectivity index (χ0n) is 13.1. The maximum absolute atomic E-state index is 6.15. The molecule has 1 aliphatic rings. The fourth-order valence-electron chi connectivity index (χ4n) is 2.91. The van der Waals surface area contributed by atoms with Crippen molar-refractivity contribution in [3.8, 4) is 5.75 Å². The Kier molecular flexibility index (Phi) is 5.44. The molecule has 1 saturated heterocycles. The number of rotatable bonds is 5. The van der Waals surface area contributed by atoms with Crippen LogP contribution in [-0.2, 0) is 0 Å². The molecule has 1 heterocycles. The summed E-state index contributed by atoms with van der Waals surface area (Å²) in [4.78, 5) is 2.49. The van der Waals surface area contributed by atoms with Crippen LogP contribution in [0.2, 0.25) is 0 Å². The van der Waals surface area contributed by atoms with E-state index in [0.717, 1.165) is 38.4 Å². The second kappa shape index (κ2) is 7.09. The lowest BCUT2D eigenvalue weighted by molar-refractivity contribution is 0.130. The molecule has 0 amide bonds. The molecule has 2 unspecified atom stereocenters. The van der Waals surface area contributed by atoms with Crippen LogP contribution in [0.4, 0.5) is 0 Å². The van der Waals surface area contributed by atoms with Crippen molar-refractivity contribution in [2.45, 2.75) is 39.7 Å². The van der Waals surface area contributed by atoms with Crippen LogP contribution in [0, 0.1) is 19.8 Å². The quantitative estimate of drug-likeness (QED) is 0.898. The Balaban J connectivity index is 1.80. The molecule has 3 nitrogen and oxygen atoms in total. The van der Waals surface area contributed by atoms with Gasteiger partial charge in [0.1, 0.15) is 12.4 Å². The van der Waals surface area contributed by atoms with Gasteiger partial charge in [-0.15, -0.1) is 0 Å². The van der Waals surface area contributed by atoms with E-state index in [1.807, 2.05) is 0 Å². The summed E-state index contributed by atoms with van der Waals surface area (Å²) in [6.45, 7) is 10.4. The standard InChI is InChI=1S/C17H28N2O/c1-4-15-12-19(8-7-16(15)18)9-10-20-17-11-13(2)5-6-14(17)3/h5-6,11,15-16H,4,7-10,12,18H2,1-3H3. The molecular weight excluding hydrogens is 248 g/mol. The molecule has 3 heteroatoms. The molecule has 0 aliphatic carbocycles. The SMILES string of the molecule is CCC1CN(CCOc2cc(C)ccc2C)CCC1N. The highest BCUT2D eigenvalue weighted by atomic mass is 16.5. The van der Waals surface area contributed by atoms with Gasteiger partial charge in [0, 0.05) is 19.1 Å². The van der Waals surface area contributed by atoms with Gasteiger partial charge in [-0.1, -0.05) is 25.5 Å². The largest absolute Gasteiger partial charge is 0.492 e. The minimum atomic E-state index is 0.385. The summed E-state index contributed by atoms with van der Waals surface area (Å²) >= 11 is 0. The predicted molar refractivity (Wildman–Crippen MR) is 84.2 cm³/mol. The van der Waals surface area contributed by atoms with E-state index in [0.29, 0.717) is 12.0 Å². The van der Waals surface area contributed by atoms with Crippen molar-refractivity contribution in [2.75, 3.05) is 26.2 Å². The fourth-order valence-corrected chi connectivity index (χ4v) is 2.91. The lowest BCUT2D eigenvalue weighted by Gasteiger charge is -2.36. The number of aryl methyl sites for hydroxylation is 2. The van der Waals surface area contributed by atoms with Crippen LogP contribution in [0.3, 0.4) is 0 Å². The van der Waals surface area contributed by atoms with Gasteiger partial charge in [-0.2, -0.15) is 0 Å². The van der Waals surface area contributed by atoms with Gasteiger partial charge in [-0.05, 0) is 49.9 Å². The Labute approximate surface area is 123 Å². The first-order valence-electron chi connectivity index (χ1n) is 7.78. The maximum Gasteiger partial charge on any atom is 0.122 e. The average Bonchev–Trinajstić information content (AvgIpc) is 2.44. The van der Waals surface area contributed by atoms with Crippen LogP contribution in [0.25, 0.3) is 0 Å². The van der Waals surface area contributed by atoms with Crippen LogP contribution in [0.1, 0.15) is 30.9 Å². The highest BCUT2D eigenvalue weighted by Gasteiger charge is 2.24. The second-order valence-electron chi connectivity index (χ2n) is 6.04. The Hall–Kier alpha value is -1.06. The Morgan fingerprint density at radius 1 is 1.35 bits per heavy atom. The zero-order chi connectivity index (χ0) is 14.5. The molecule has 1 aromatic carbocycles. The molecule has 112 valence electrons. The van der Waals surface area contributed by atoms with E-state index in [-0.39, 0.29) is 0 Å². The lowest BCUT2D eigenvalue weighted by Crippen LogP contribution is -2.47. The molecule has 0 radical (unpaired) electrons. The number of hydrogen-bond acceptors (Lipinski definition) is 3. The minimum absolute atomic E-state index is 0.385. The first-order chi connectivity index (χ1) is 9.60. The van der Waals surface area contributed by atoms with E-state index in [4.69, 9.17) is 10.5 Å². The third kappa shape index (κ3) is 3.97. The highest BCUT2D eigenvalue weighted by molar-refractivity contribution is 5.35. The van der Waals surface area contributed by atoms with Crippen molar-refractivity contribution in [3.63, 3.8) is 0 Å². The predicted octanol–water partition coefficient (Wildman–Crippen LogP) is 2.74. The molecule has 0 aromatic heterocycles. The highest BCUT2D eigenvalue weighted by Crippen LogP contribution is 2.20. The first kappa shape index (κ1) is 15.3. The van der Waals surface area contributed by atoms with Crippen molar-refractivity contribution in [2.24, 2.45) is 11.7 Å². The van der Waals surface area contributed by atoms with Crippen LogP contribution < -0.4 is 10.5 Å². The smallest absolute Gasteiger partial charge is 0.122 e. The van der Waals surface area contributed by atoms with Crippen molar-refractivity contribution >= 4 is 0 Å². The van der Waals surface area contributed by atoms with Crippen molar-refractivity contribution in [1.29, 1.82) is 0 Å². The van der Waals surface area contributed by atoms with Gasteiger partial charge in [-0.3, -0.25) is 4.90 Å². The number of nitrogens with two attached hydrogens (primary N) is 1. The summed E-state index contributed by atoms with van der Waals surface area (Å²) in [7, 11) is 0. The van der Waals surface area contributed by atoms with Gasteiger partial charge < -0.3 is 10.5 Å². The normalized spacial score (nSPS) is 23.8. The van der Waals surface area contributed by atoms with E-state index in [2.05, 4.69) is 43.9 Å². The number of likely N-dealkylation sites (tertiary alicyclic amines) is 1. The molecule has 2 atom stereocenters. The number of hydrogen-bond donors (Lipinski definition) is 1. The number of benzene rings is 1. The van der Waals surface area contributed by atoms with Crippen LogP contribution in [0.15, 0.2) is 18.2 Å². The molecule has 2 N–H and O–H groups in total. The van der Waals surface area contributed by atoms with Gasteiger partial charge in [0.25, 0.3) is 0 Å². The molecule has 0 saturated carbocycles. The Bertz CT molecular complexity index is 433. The molecule has 1 aromatic rings. The van der Waals surface area contributed by atoms with Gasteiger partial charge in [0.15, 0.2) is 0 Å². The monoisotopic (exact) mass is 276 g/mol. The Morgan fingerprint density at radius 2 is 2.15 bits per heavy atom. The van der Waals surface area contributed by atoms with E-state index in [1.54, 1.807) is 0 Å². The van der Waals surface area contributed by atoms with Crippen molar-refractivity contribution < 1.29 is 4.74 Å². The number of ether oxygens (including phenoxy) is 1. The van der Waals surface area contributed by atoms with E-state index < -0.39 is 0 Å². The van der Waals surface area contributed by atoms with Crippen LogP contribution in [0.5, 0.6) is 5.75 Å². The van der Waals surface area contributed by atoms with Crippen LogP contribution >= 0.6 is 0 Å². The first-order valence-corrected chi connectivity index (χ1v) is 7.78. The Morgan fingerprint density at radius 3 is 2.90 bits per heavy atom. The molecule has 0 spiro atoms. The molecule has 0 bridgehead atoms. The molecule has 20 heavy (non-hydrogen) atoms. The third-order valence-electron chi connectivity index (χ3n) is 4.41. The van der Waals surface area contributed by atoms with Gasteiger partial charge in [0.2, 0.25) is 0 Å². The average molecular weight is 276 g/mol. The van der Waals surface area contributed by atoms with E-state index in [9.17, 15) is 0 Å². The molecule has 1 fully saturated rings. The lowest BCUT2D eigenvalue weighted by atomic mass is 9.91. The molecule has 2 rings (SSSR count). The maximum atomic E-state index is 6.15. The summed E-state index contributed by atoms with van der Waals surface area (Å²) in [5.74, 6) is 1.66. The summed E-state index contributed by atoms with van der Waals surface area (Å²) in [5, 5.41) is 0. The van der Waals surface area contributed by atoms with E-state index >= 15 is 0 Å². The fraction of sp³-hybridized carbons (Fsp3) is 0.647. The van der Waals surface area contributed by atoms with Gasteiger partial charge >= 0.3 is 0 Å². The summed E-state index contributed by atoms with van der Waals surface area (Å²) in [6, 6.07) is 6.75. The summed E-state index contributed by atoms with van der Waals surface area (Å²) in [5.41, 5.74) is 8.61. The number of piperidine rings is 1. The minimum Gasteiger partial charge on any atom is -0.492 e. The van der Waals surface area contributed by atoms with Crippen LogP contribution in [-0.4, -0.2) is 37.2 Å². The van der Waals surface area contributed by atoms with E-state index in [1.165, 1.54) is 17.5 Å².